The fourth-order valence-corrected chi connectivity index (χ4v) is 2.24. The van der Waals surface area contributed by atoms with E-state index in [2.05, 4.69) is 10.6 Å². The molecule has 0 heterocycles. The van der Waals surface area contributed by atoms with Crippen LogP contribution in [0.4, 0.5) is 10.5 Å². The fourth-order valence-electron chi connectivity index (χ4n) is 1.98. The summed E-state index contributed by atoms with van der Waals surface area (Å²) in [5.41, 5.74) is 2.22. The molecule has 0 spiro atoms. The Hall–Kier alpha value is -2.24. The van der Waals surface area contributed by atoms with E-state index in [1.54, 1.807) is 18.2 Å². The number of urea groups is 1. The van der Waals surface area contributed by atoms with E-state index < -0.39 is 0 Å². The third kappa shape index (κ3) is 4.13. The molecule has 0 saturated heterocycles. The minimum Gasteiger partial charge on any atom is -0.495 e. The molecule has 0 bridgehead atoms. The number of benzene rings is 2. The van der Waals surface area contributed by atoms with Crippen molar-refractivity contribution in [3.8, 4) is 5.75 Å². The molecule has 0 aliphatic rings. The second-order valence-corrected chi connectivity index (χ2v) is 4.99. The second-order valence-electron chi connectivity index (χ2n) is 4.58. The smallest absolute Gasteiger partial charge is 0.319 e. The van der Waals surface area contributed by atoms with Gasteiger partial charge in [-0.2, -0.15) is 0 Å². The number of methoxy groups -OCH3 is 1. The number of anilines is 1. The molecule has 2 aromatic rings. The molecule has 0 aromatic heterocycles. The minimum atomic E-state index is -0.353. The average molecular weight is 321 g/mol. The first-order valence-electron chi connectivity index (χ1n) is 6.70. The predicted molar refractivity (Wildman–Crippen MR) is 86.2 cm³/mol. The van der Waals surface area contributed by atoms with Crippen molar-refractivity contribution < 1.29 is 14.6 Å². The lowest BCUT2D eigenvalue weighted by Gasteiger charge is -2.11. The number of halogens is 1. The van der Waals surface area contributed by atoms with Gasteiger partial charge in [-0.3, -0.25) is 0 Å². The summed E-state index contributed by atoms with van der Waals surface area (Å²) in [6.45, 7) is 0.264. The molecule has 2 amide bonds. The largest absolute Gasteiger partial charge is 0.495 e. The van der Waals surface area contributed by atoms with Gasteiger partial charge in [0, 0.05) is 12.2 Å². The van der Waals surface area contributed by atoms with Crippen LogP contribution in [0, 0.1) is 0 Å². The third-order valence-corrected chi connectivity index (χ3v) is 3.43. The zero-order valence-electron chi connectivity index (χ0n) is 12.1. The minimum absolute atomic E-state index is 0.0619. The van der Waals surface area contributed by atoms with E-state index in [0.717, 1.165) is 11.1 Å². The van der Waals surface area contributed by atoms with Crippen LogP contribution in [0.2, 0.25) is 5.02 Å². The van der Waals surface area contributed by atoms with Crippen molar-refractivity contribution in [2.45, 2.75) is 13.2 Å². The van der Waals surface area contributed by atoms with E-state index in [-0.39, 0.29) is 12.6 Å². The van der Waals surface area contributed by atoms with Crippen molar-refractivity contribution in [2.75, 3.05) is 12.4 Å². The molecule has 0 fully saturated rings. The zero-order chi connectivity index (χ0) is 15.9. The van der Waals surface area contributed by atoms with Gasteiger partial charge in [0.15, 0.2) is 0 Å². The molecular formula is C16H17ClN2O3. The van der Waals surface area contributed by atoms with Crippen molar-refractivity contribution in [3.63, 3.8) is 0 Å². The number of rotatable bonds is 5. The highest BCUT2D eigenvalue weighted by atomic mass is 35.5. The van der Waals surface area contributed by atoms with E-state index in [1.807, 2.05) is 24.3 Å². The van der Waals surface area contributed by atoms with Crippen LogP contribution in [0.15, 0.2) is 42.5 Å². The molecule has 0 atom stereocenters. The lowest BCUT2D eigenvalue weighted by atomic mass is 10.1. The van der Waals surface area contributed by atoms with Crippen LogP contribution in [-0.4, -0.2) is 18.2 Å². The summed E-state index contributed by atoms with van der Waals surface area (Å²) in [5, 5.41) is 15.1. The second kappa shape index (κ2) is 7.68. The first kappa shape index (κ1) is 16.1. The van der Waals surface area contributed by atoms with Crippen molar-refractivity contribution in [1.29, 1.82) is 0 Å². The number of amides is 2. The highest BCUT2D eigenvalue weighted by Gasteiger charge is 2.06. The number of aliphatic hydroxyl groups excluding tert-OH is 1. The quantitative estimate of drug-likeness (QED) is 0.792. The van der Waals surface area contributed by atoms with Crippen LogP contribution in [0.3, 0.4) is 0 Å². The Bertz CT molecular complexity index is 662. The molecule has 0 unspecified atom stereocenters. The molecule has 0 aliphatic carbocycles. The summed E-state index contributed by atoms with van der Waals surface area (Å²) in [6.07, 6.45) is 0. The molecule has 22 heavy (non-hydrogen) atoms. The molecule has 6 heteroatoms. The number of ether oxygens (including phenoxy) is 1. The number of hydrogen-bond donors (Lipinski definition) is 3. The Morgan fingerprint density at radius 3 is 2.59 bits per heavy atom. The summed E-state index contributed by atoms with van der Waals surface area (Å²) in [7, 11) is 1.53. The number of aliphatic hydroxyl groups is 1. The van der Waals surface area contributed by atoms with Crippen molar-refractivity contribution >= 4 is 23.3 Å². The predicted octanol–water partition coefficient (Wildman–Crippen LogP) is 3.16. The van der Waals surface area contributed by atoms with E-state index in [0.29, 0.717) is 23.0 Å². The van der Waals surface area contributed by atoms with Gasteiger partial charge in [0.2, 0.25) is 0 Å². The molecule has 5 nitrogen and oxygen atoms in total. The molecule has 116 valence electrons. The highest BCUT2D eigenvalue weighted by Crippen LogP contribution is 2.27. The fraction of sp³-hybridized carbons (Fsp3) is 0.188. The van der Waals surface area contributed by atoms with Crippen LogP contribution in [0.25, 0.3) is 0 Å². The van der Waals surface area contributed by atoms with Gasteiger partial charge in [-0.1, -0.05) is 35.9 Å². The molecular weight excluding hydrogens is 304 g/mol. The van der Waals surface area contributed by atoms with Crippen LogP contribution in [-0.2, 0) is 13.2 Å². The van der Waals surface area contributed by atoms with E-state index in [9.17, 15) is 9.90 Å². The van der Waals surface area contributed by atoms with Gasteiger partial charge in [-0.15, -0.1) is 0 Å². The molecule has 0 radical (unpaired) electrons. The van der Waals surface area contributed by atoms with Crippen molar-refractivity contribution in [1.82, 2.24) is 5.32 Å². The summed E-state index contributed by atoms with van der Waals surface area (Å²) in [4.78, 5) is 11.9. The monoisotopic (exact) mass is 320 g/mol. The number of carbonyl (C=O) groups excluding carboxylic acids is 1. The van der Waals surface area contributed by atoms with Crippen LogP contribution < -0.4 is 15.4 Å². The Morgan fingerprint density at radius 1 is 1.23 bits per heavy atom. The summed E-state index contributed by atoms with van der Waals surface area (Å²) < 4.78 is 5.05. The SMILES string of the molecule is COc1ccc(NC(=O)NCc2ccccc2CO)cc1Cl. The highest BCUT2D eigenvalue weighted by molar-refractivity contribution is 6.32. The Morgan fingerprint density at radius 2 is 1.95 bits per heavy atom. The van der Waals surface area contributed by atoms with Gasteiger partial charge >= 0.3 is 6.03 Å². The maximum Gasteiger partial charge on any atom is 0.319 e. The Labute approximate surface area is 133 Å². The van der Waals surface area contributed by atoms with Gasteiger partial charge in [0.05, 0.1) is 18.7 Å². The van der Waals surface area contributed by atoms with Crippen LogP contribution in [0.5, 0.6) is 5.75 Å². The first-order valence-corrected chi connectivity index (χ1v) is 7.08. The van der Waals surface area contributed by atoms with Gasteiger partial charge in [0.1, 0.15) is 5.75 Å². The van der Waals surface area contributed by atoms with Gasteiger partial charge < -0.3 is 20.5 Å². The van der Waals surface area contributed by atoms with E-state index in [4.69, 9.17) is 16.3 Å². The average Bonchev–Trinajstić information content (AvgIpc) is 2.53. The lowest BCUT2D eigenvalue weighted by Crippen LogP contribution is -2.28. The van der Waals surface area contributed by atoms with Crippen LogP contribution >= 0.6 is 11.6 Å². The maximum absolute atomic E-state index is 11.9. The lowest BCUT2D eigenvalue weighted by molar-refractivity contribution is 0.251. The zero-order valence-corrected chi connectivity index (χ0v) is 12.9. The summed E-state index contributed by atoms with van der Waals surface area (Å²) in [6, 6.07) is 12.0. The van der Waals surface area contributed by atoms with Crippen molar-refractivity contribution in [3.05, 3.63) is 58.6 Å². The normalized spacial score (nSPS) is 10.1. The topological polar surface area (TPSA) is 70.6 Å². The Kier molecular flexibility index (Phi) is 5.63. The van der Waals surface area contributed by atoms with E-state index in [1.165, 1.54) is 7.11 Å². The van der Waals surface area contributed by atoms with Crippen molar-refractivity contribution in [2.24, 2.45) is 0 Å². The molecule has 2 rings (SSSR count). The molecule has 0 saturated carbocycles. The summed E-state index contributed by atoms with van der Waals surface area (Å²) >= 11 is 6.00. The van der Waals surface area contributed by atoms with Gasteiger partial charge in [-0.05, 0) is 29.3 Å². The molecule has 3 N–H and O–H groups in total. The first-order chi connectivity index (χ1) is 10.6. The van der Waals surface area contributed by atoms with Gasteiger partial charge in [-0.25, -0.2) is 4.79 Å². The Balaban J connectivity index is 1.94. The van der Waals surface area contributed by atoms with E-state index >= 15 is 0 Å². The standard InChI is InChI=1S/C16H17ClN2O3/c1-22-15-7-6-13(8-14(15)17)19-16(21)18-9-11-4-2-3-5-12(11)10-20/h2-8,20H,9-10H2,1H3,(H2,18,19,21). The van der Waals surface area contributed by atoms with Crippen LogP contribution in [0.1, 0.15) is 11.1 Å². The molecule has 2 aromatic carbocycles. The third-order valence-electron chi connectivity index (χ3n) is 3.14. The molecule has 0 aliphatic heterocycles. The number of carbonyl (C=O) groups is 1. The van der Waals surface area contributed by atoms with Gasteiger partial charge in [0.25, 0.3) is 0 Å². The summed E-state index contributed by atoms with van der Waals surface area (Å²) in [5.74, 6) is 0.546. The number of hydrogen-bond acceptors (Lipinski definition) is 3. The maximum atomic E-state index is 11.9. The number of nitrogens with one attached hydrogen (secondary N) is 2.